The summed E-state index contributed by atoms with van der Waals surface area (Å²) in [6.07, 6.45) is -1.76. The Kier molecular flexibility index (Phi) is 6.27. The molecule has 2 aromatic rings. The van der Waals surface area contributed by atoms with Crippen LogP contribution in [0.1, 0.15) is 19.4 Å². The van der Waals surface area contributed by atoms with Gasteiger partial charge in [-0.15, -0.1) is 13.2 Å². The Labute approximate surface area is 149 Å². The topological polar surface area (TPSA) is 47.6 Å². The molecule has 0 radical (unpaired) electrons. The summed E-state index contributed by atoms with van der Waals surface area (Å²) in [5, 5.41) is 2.56. The van der Waals surface area contributed by atoms with E-state index < -0.39 is 12.3 Å². The molecule has 0 aliphatic carbocycles. The number of hydrogen-bond acceptors (Lipinski definition) is 3. The second-order valence-corrected chi connectivity index (χ2v) is 5.63. The van der Waals surface area contributed by atoms with E-state index in [-0.39, 0.29) is 11.9 Å². The minimum absolute atomic E-state index is 0.0434. The summed E-state index contributed by atoms with van der Waals surface area (Å²) in [4.78, 5) is 11.9. The Balaban J connectivity index is 1.95. The highest BCUT2D eigenvalue weighted by atomic mass is 19.4. The molecule has 1 amide bonds. The van der Waals surface area contributed by atoms with Gasteiger partial charge < -0.3 is 14.8 Å². The van der Waals surface area contributed by atoms with Crippen molar-refractivity contribution in [2.75, 3.05) is 5.32 Å². The largest absolute Gasteiger partial charge is 0.573 e. The molecule has 0 bridgehead atoms. The number of carbonyl (C=O) groups is 1. The highest BCUT2D eigenvalue weighted by molar-refractivity contribution is 6.01. The summed E-state index contributed by atoms with van der Waals surface area (Å²) in [6, 6.07) is 12.1. The fourth-order valence-electron chi connectivity index (χ4n) is 2.06. The molecular weight excluding hydrogens is 347 g/mol. The Hall–Kier alpha value is -2.96. The van der Waals surface area contributed by atoms with Crippen LogP contribution in [0.4, 0.5) is 18.9 Å². The summed E-state index contributed by atoms with van der Waals surface area (Å²) in [5.41, 5.74) is 1.14. The second kappa shape index (κ2) is 8.42. The van der Waals surface area contributed by atoms with Crippen LogP contribution < -0.4 is 14.8 Å². The summed E-state index contributed by atoms with van der Waals surface area (Å²) < 4.78 is 45.6. The Morgan fingerprint density at radius 2 is 1.77 bits per heavy atom. The van der Waals surface area contributed by atoms with Gasteiger partial charge in [-0.3, -0.25) is 4.79 Å². The lowest BCUT2D eigenvalue weighted by Gasteiger charge is -2.10. The maximum absolute atomic E-state index is 12.1. The van der Waals surface area contributed by atoms with Crippen LogP contribution in [0.3, 0.4) is 0 Å². The molecule has 4 nitrogen and oxygen atoms in total. The number of anilines is 1. The SMILES string of the molecule is CC(C)Oc1cccc(/C=C/C(=O)Nc2ccc(OC(F)(F)F)cc2)c1. The van der Waals surface area contributed by atoms with Gasteiger partial charge in [-0.25, -0.2) is 0 Å². The van der Waals surface area contributed by atoms with Gasteiger partial charge in [0.15, 0.2) is 0 Å². The molecule has 26 heavy (non-hydrogen) atoms. The van der Waals surface area contributed by atoms with E-state index in [9.17, 15) is 18.0 Å². The van der Waals surface area contributed by atoms with E-state index in [1.807, 2.05) is 32.0 Å². The lowest BCUT2D eigenvalue weighted by Crippen LogP contribution is -2.17. The number of halogens is 3. The fraction of sp³-hybridized carbons (Fsp3) is 0.211. The zero-order valence-electron chi connectivity index (χ0n) is 14.2. The van der Waals surface area contributed by atoms with Crippen molar-refractivity contribution in [1.29, 1.82) is 0 Å². The summed E-state index contributed by atoms with van der Waals surface area (Å²) >= 11 is 0. The van der Waals surface area contributed by atoms with E-state index in [0.29, 0.717) is 11.4 Å². The lowest BCUT2D eigenvalue weighted by molar-refractivity contribution is -0.274. The van der Waals surface area contributed by atoms with Crippen molar-refractivity contribution in [3.63, 3.8) is 0 Å². The maximum Gasteiger partial charge on any atom is 0.573 e. The third-order valence-corrected chi connectivity index (χ3v) is 3.01. The number of rotatable bonds is 6. The zero-order chi connectivity index (χ0) is 19.2. The molecule has 2 rings (SSSR count). The first-order valence-electron chi connectivity index (χ1n) is 7.83. The van der Waals surface area contributed by atoms with E-state index in [4.69, 9.17) is 4.74 Å². The number of benzene rings is 2. The average Bonchev–Trinajstić information content (AvgIpc) is 2.53. The molecule has 0 unspecified atom stereocenters. The van der Waals surface area contributed by atoms with Crippen molar-refractivity contribution in [3.05, 3.63) is 60.2 Å². The van der Waals surface area contributed by atoms with Crippen LogP contribution in [0.2, 0.25) is 0 Å². The first kappa shape index (κ1) is 19.4. The minimum Gasteiger partial charge on any atom is -0.491 e. The smallest absolute Gasteiger partial charge is 0.491 e. The van der Waals surface area contributed by atoms with Gasteiger partial charge in [0.05, 0.1) is 6.10 Å². The Bertz CT molecular complexity index is 768. The van der Waals surface area contributed by atoms with Crippen LogP contribution in [0, 0.1) is 0 Å². The fourth-order valence-corrected chi connectivity index (χ4v) is 2.06. The molecule has 0 aromatic heterocycles. The predicted octanol–water partition coefficient (Wildman–Crippen LogP) is 5.02. The van der Waals surface area contributed by atoms with Gasteiger partial charge in [0, 0.05) is 11.8 Å². The van der Waals surface area contributed by atoms with Gasteiger partial charge in [0.1, 0.15) is 11.5 Å². The summed E-state index contributed by atoms with van der Waals surface area (Å²) in [7, 11) is 0. The average molecular weight is 365 g/mol. The zero-order valence-corrected chi connectivity index (χ0v) is 14.2. The molecule has 2 aromatic carbocycles. The van der Waals surface area contributed by atoms with E-state index >= 15 is 0 Å². The van der Waals surface area contributed by atoms with Crippen LogP contribution in [0.5, 0.6) is 11.5 Å². The van der Waals surface area contributed by atoms with Crippen LogP contribution in [0.25, 0.3) is 6.08 Å². The molecule has 138 valence electrons. The molecule has 0 aliphatic heterocycles. The van der Waals surface area contributed by atoms with Crippen molar-refractivity contribution >= 4 is 17.7 Å². The van der Waals surface area contributed by atoms with Crippen molar-refractivity contribution < 1.29 is 27.4 Å². The first-order valence-corrected chi connectivity index (χ1v) is 7.83. The van der Waals surface area contributed by atoms with Crippen LogP contribution in [0.15, 0.2) is 54.6 Å². The highest BCUT2D eigenvalue weighted by Crippen LogP contribution is 2.24. The van der Waals surface area contributed by atoms with Crippen molar-refractivity contribution in [1.82, 2.24) is 0 Å². The number of hydrogen-bond donors (Lipinski definition) is 1. The van der Waals surface area contributed by atoms with Crippen LogP contribution in [-0.2, 0) is 4.79 Å². The molecule has 0 atom stereocenters. The molecule has 0 fully saturated rings. The minimum atomic E-state index is -4.75. The Morgan fingerprint density at radius 1 is 1.08 bits per heavy atom. The summed E-state index contributed by atoms with van der Waals surface area (Å²) in [6.45, 7) is 3.84. The summed E-state index contributed by atoms with van der Waals surface area (Å²) in [5.74, 6) is -0.0690. The molecule has 0 saturated heterocycles. The van der Waals surface area contributed by atoms with Crippen molar-refractivity contribution in [3.8, 4) is 11.5 Å². The van der Waals surface area contributed by atoms with Gasteiger partial charge in [0.2, 0.25) is 5.91 Å². The van der Waals surface area contributed by atoms with Crippen LogP contribution >= 0.6 is 0 Å². The van der Waals surface area contributed by atoms with Gasteiger partial charge in [-0.05, 0) is 61.9 Å². The van der Waals surface area contributed by atoms with Gasteiger partial charge in [0.25, 0.3) is 0 Å². The highest BCUT2D eigenvalue weighted by Gasteiger charge is 2.30. The molecule has 0 heterocycles. The quantitative estimate of drug-likeness (QED) is 0.731. The standard InChI is InChI=1S/C19H18F3NO3/c1-13(2)25-17-5-3-4-14(12-17)6-11-18(24)23-15-7-9-16(10-8-15)26-19(20,21)22/h3-13H,1-2H3,(H,23,24)/b11-6+. The number of nitrogens with one attached hydrogen (secondary N) is 1. The normalized spacial score (nSPS) is 11.6. The van der Waals surface area contributed by atoms with E-state index in [1.165, 1.54) is 18.2 Å². The van der Waals surface area contributed by atoms with Crippen molar-refractivity contribution in [2.45, 2.75) is 26.3 Å². The maximum atomic E-state index is 12.1. The van der Waals surface area contributed by atoms with Gasteiger partial charge in [-0.1, -0.05) is 12.1 Å². The van der Waals surface area contributed by atoms with Crippen LogP contribution in [-0.4, -0.2) is 18.4 Å². The molecule has 7 heteroatoms. The molecular formula is C19H18F3NO3. The lowest BCUT2D eigenvalue weighted by atomic mass is 10.2. The number of carbonyl (C=O) groups excluding carboxylic acids is 1. The third-order valence-electron chi connectivity index (χ3n) is 3.01. The second-order valence-electron chi connectivity index (χ2n) is 5.63. The van der Waals surface area contributed by atoms with Crippen molar-refractivity contribution in [2.24, 2.45) is 0 Å². The van der Waals surface area contributed by atoms with Gasteiger partial charge in [-0.2, -0.15) is 0 Å². The number of alkyl halides is 3. The molecule has 0 aliphatic rings. The predicted molar refractivity (Wildman–Crippen MR) is 93.0 cm³/mol. The van der Waals surface area contributed by atoms with E-state index in [1.54, 1.807) is 12.1 Å². The molecule has 0 saturated carbocycles. The van der Waals surface area contributed by atoms with Gasteiger partial charge >= 0.3 is 6.36 Å². The molecule has 1 N–H and O–H groups in total. The molecule has 0 spiro atoms. The van der Waals surface area contributed by atoms with E-state index in [2.05, 4.69) is 10.1 Å². The Morgan fingerprint density at radius 3 is 2.38 bits per heavy atom. The third kappa shape index (κ3) is 6.88. The number of ether oxygens (including phenoxy) is 2. The first-order chi connectivity index (χ1) is 12.2. The monoisotopic (exact) mass is 365 g/mol. The van der Waals surface area contributed by atoms with E-state index in [0.717, 1.165) is 17.7 Å². The number of amides is 1.